The zero-order valence-electron chi connectivity index (χ0n) is 12.1. The molecule has 0 atom stereocenters. The van der Waals surface area contributed by atoms with Crippen LogP contribution in [0.2, 0.25) is 0 Å². The normalized spacial score (nSPS) is 14.2. The van der Waals surface area contributed by atoms with Crippen LogP contribution in [0, 0.1) is 13.8 Å². The van der Waals surface area contributed by atoms with Crippen molar-refractivity contribution >= 4 is 11.6 Å². The molecule has 3 nitrogen and oxygen atoms in total. The van der Waals surface area contributed by atoms with Crippen molar-refractivity contribution in [3.8, 4) is 0 Å². The van der Waals surface area contributed by atoms with E-state index >= 15 is 0 Å². The van der Waals surface area contributed by atoms with Crippen molar-refractivity contribution in [3.05, 3.63) is 53.3 Å². The summed E-state index contributed by atoms with van der Waals surface area (Å²) in [6, 6.07) is 12.4. The summed E-state index contributed by atoms with van der Waals surface area (Å²) in [6.45, 7) is 5.35. The Bertz CT molecular complexity index is 623. The monoisotopic (exact) mass is 268 g/mol. The van der Waals surface area contributed by atoms with Gasteiger partial charge in [-0.25, -0.2) is 0 Å². The van der Waals surface area contributed by atoms with Gasteiger partial charge in [0, 0.05) is 23.6 Å². The number of hydrogen-bond donors (Lipinski definition) is 0. The highest BCUT2D eigenvalue weighted by atomic mass is 16.2. The van der Waals surface area contributed by atoms with Crippen LogP contribution in [0.4, 0.5) is 5.69 Å². The Morgan fingerprint density at radius 1 is 1.10 bits per heavy atom. The van der Waals surface area contributed by atoms with Crippen molar-refractivity contribution in [2.45, 2.75) is 33.2 Å². The van der Waals surface area contributed by atoms with E-state index < -0.39 is 0 Å². The van der Waals surface area contributed by atoms with Crippen molar-refractivity contribution in [1.82, 2.24) is 4.57 Å². The third-order valence-corrected chi connectivity index (χ3v) is 4.12. The number of carbonyl (C=O) groups excluding carboxylic acids is 1. The van der Waals surface area contributed by atoms with E-state index in [4.69, 9.17) is 0 Å². The Balaban J connectivity index is 1.86. The van der Waals surface area contributed by atoms with Gasteiger partial charge in [0.15, 0.2) is 0 Å². The van der Waals surface area contributed by atoms with Gasteiger partial charge in [-0.2, -0.15) is 0 Å². The van der Waals surface area contributed by atoms with Crippen LogP contribution in [0.25, 0.3) is 0 Å². The van der Waals surface area contributed by atoms with Gasteiger partial charge in [0.1, 0.15) is 6.54 Å². The third kappa shape index (κ3) is 2.24. The second-order valence-electron chi connectivity index (χ2n) is 5.48. The summed E-state index contributed by atoms with van der Waals surface area (Å²) in [4.78, 5) is 14.6. The molecule has 1 aromatic carbocycles. The van der Waals surface area contributed by atoms with Crippen molar-refractivity contribution in [3.63, 3.8) is 0 Å². The number of hydrogen-bond acceptors (Lipinski definition) is 1. The first-order valence-corrected chi connectivity index (χ1v) is 7.18. The third-order valence-electron chi connectivity index (χ3n) is 4.12. The Kier molecular flexibility index (Phi) is 3.35. The van der Waals surface area contributed by atoms with Gasteiger partial charge in [-0.1, -0.05) is 18.2 Å². The number of amides is 1. The van der Waals surface area contributed by atoms with E-state index in [9.17, 15) is 4.79 Å². The molecule has 2 aromatic rings. The van der Waals surface area contributed by atoms with Gasteiger partial charge < -0.3 is 9.47 Å². The number of fused-ring (bicyclic) bond motifs is 1. The minimum atomic E-state index is 0.180. The van der Waals surface area contributed by atoms with Crippen LogP contribution < -0.4 is 4.90 Å². The van der Waals surface area contributed by atoms with E-state index in [0.717, 1.165) is 36.5 Å². The van der Waals surface area contributed by atoms with Crippen LogP contribution in [0.1, 0.15) is 23.4 Å². The first-order valence-electron chi connectivity index (χ1n) is 7.18. The molecule has 0 saturated heterocycles. The standard InChI is InChI=1S/C17H20N2O/c1-13-9-10-14(2)19(13)12-17(20)18-11-5-7-15-6-3-4-8-16(15)18/h3-4,6,8-10H,5,7,11-12H2,1-2H3. The maximum absolute atomic E-state index is 12.6. The van der Waals surface area contributed by atoms with Gasteiger partial charge in [-0.15, -0.1) is 0 Å². The highest BCUT2D eigenvalue weighted by Crippen LogP contribution is 2.27. The maximum Gasteiger partial charge on any atom is 0.246 e. The van der Waals surface area contributed by atoms with Gasteiger partial charge in [-0.3, -0.25) is 4.79 Å². The molecule has 1 amide bonds. The van der Waals surface area contributed by atoms with Crippen molar-refractivity contribution in [1.29, 1.82) is 0 Å². The molecule has 1 aliphatic rings. The number of nitrogens with zero attached hydrogens (tertiary/aromatic N) is 2. The van der Waals surface area contributed by atoms with Gasteiger partial charge in [0.25, 0.3) is 0 Å². The SMILES string of the molecule is Cc1ccc(C)n1CC(=O)N1CCCc2ccccc21. The molecule has 0 bridgehead atoms. The molecule has 0 N–H and O–H groups in total. The Labute approximate surface area is 119 Å². The number of rotatable bonds is 2. The Hall–Kier alpha value is -2.03. The quantitative estimate of drug-likeness (QED) is 0.821. The zero-order chi connectivity index (χ0) is 14.1. The number of aromatic nitrogens is 1. The predicted molar refractivity (Wildman–Crippen MR) is 81.0 cm³/mol. The topological polar surface area (TPSA) is 25.2 Å². The summed E-state index contributed by atoms with van der Waals surface area (Å²) in [7, 11) is 0. The molecule has 0 aliphatic carbocycles. The summed E-state index contributed by atoms with van der Waals surface area (Å²) in [5, 5.41) is 0. The van der Waals surface area contributed by atoms with E-state index in [-0.39, 0.29) is 5.91 Å². The lowest BCUT2D eigenvalue weighted by atomic mass is 10.0. The number of benzene rings is 1. The van der Waals surface area contributed by atoms with Crippen LogP contribution in [-0.2, 0) is 17.8 Å². The second kappa shape index (κ2) is 5.16. The molecule has 1 aliphatic heterocycles. The summed E-state index contributed by atoms with van der Waals surface area (Å²) >= 11 is 0. The van der Waals surface area contributed by atoms with E-state index in [0.29, 0.717) is 6.54 Å². The van der Waals surface area contributed by atoms with E-state index in [1.165, 1.54) is 5.56 Å². The average Bonchev–Trinajstić information content (AvgIpc) is 2.78. The Morgan fingerprint density at radius 3 is 2.55 bits per heavy atom. The number of anilines is 1. The minimum absolute atomic E-state index is 0.180. The van der Waals surface area contributed by atoms with E-state index in [1.54, 1.807) is 0 Å². The first kappa shape index (κ1) is 13.0. The molecule has 2 heterocycles. The minimum Gasteiger partial charge on any atom is -0.340 e. The summed E-state index contributed by atoms with van der Waals surface area (Å²) < 4.78 is 2.08. The van der Waals surface area contributed by atoms with Crippen LogP contribution in [0.15, 0.2) is 36.4 Å². The molecular weight excluding hydrogens is 248 g/mol. The lowest BCUT2D eigenvalue weighted by molar-refractivity contribution is -0.119. The fourth-order valence-electron chi connectivity index (χ4n) is 2.96. The smallest absolute Gasteiger partial charge is 0.246 e. The number of aryl methyl sites for hydroxylation is 3. The molecule has 104 valence electrons. The number of para-hydroxylation sites is 1. The first-order chi connectivity index (χ1) is 9.66. The lowest BCUT2D eigenvalue weighted by Crippen LogP contribution is -2.38. The maximum atomic E-state index is 12.6. The lowest BCUT2D eigenvalue weighted by Gasteiger charge is -2.30. The van der Waals surface area contributed by atoms with Crippen LogP contribution >= 0.6 is 0 Å². The van der Waals surface area contributed by atoms with Crippen LogP contribution in [0.3, 0.4) is 0 Å². The fourth-order valence-corrected chi connectivity index (χ4v) is 2.96. The highest BCUT2D eigenvalue weighted by molar-refractivity contribution is 5.94. The van der Waals surface area contributed by atoms with E-state index in [2.05, 4.69) is 28.8 Å². The van der Waals surface area contributed by atoms with Crippen LogP contribution in [-0.4, -0.2) is 17.0 Å². The van der Waals surface area contributed by atoms with Gasteiger partial charge >= 0.3 is 0 Å². The molecule has 0 unspecified atom stereocenters. The predicted octanol–water partition coefficient (Wildman–Crippen LogP) is 3.08. The molecule has 20 heavy (non-hydrogen) atoms. The summed E-state index contributed by atoms with van der Waals surface area (Å²) in [5.74, 6) is 0.180. The summed E-state index contributed by atoms with van der Waals surface area (Å²) in [5.41, 5.74) is 4.65. The molecule has 0 saturated carbocycles. The van der Waals surface area contributed by atoms with Crippen LogP contribution in [0.5, 0.6) is 0 Å². The average molecular weight is 268 g/mol. The zero-order valence-corrected chi connectivity index (χ0v) is 12.1. The molecule has 1 aromatic heterocycles. The van der Waals surface area contributed by atoms with Crippen molar-refractivity contribution < 1.29 is 4.79 Å². The van der Waals surface area contributed by atoms with Crippen molar-refractivity contribution in [2.75, 3.05) is 11.4 Å². The number of carbonyl (C=O) groups is 1. The second-order valence-corrected chi connectivity index (χ2v) is 5.48. The fraction of sp³-hybridized carbons (Fsp3) is 0.353. The van der Waals surface area contributed by atoms with Gasteiger partial charge in [-0.05, 0) is 50.5 Å². The van der Waals surface area contributed by atoms with Crippen molar-refractivity contribution in [2.24, 2.45) is 0 Å². The molecule has 3 rings (SSSR count). The van der Waals surface area contributed by atoms with Gasteiger partial charge in [0.05, 0.1) is 0 Å². The summed E-state index contributed by atoms with van der Waals surface area (Å²) in [6.07, 6.45) is 2.12. The van der Waals surface area contributed by atoms with Gasteiger partial charge in [0.2, 0.25) is 5.91 Å². The molecule has 0 fully saturated rings. The molecule has 0 spiro atoms. The highest BCUT2D eigenvalue weighted by Gasteiger charge is 2.22. The largest absolute Gasteiger partial charge is 0.340 e. The Morgan fingerprint density at radius 2 is 1.80 bits per heavy atom. The molecular formula is C17H20N2O. The molecule has 3 heteroatoms. The van der Waals surface area contributed by atoms with E-state index in [1.807, 2.05) is 30.9 Å². The molecule has 0 radical (unpaired) electrons.